The summed E-state index contributed by atoms with van der Waals surface area (Å²) in [5.41, 5.74) is 0.991. The Morgan fingerprint density at radius 2 is 2.14 bits per heavy atom. The molecule has 2 heterocycles. The fraction of sp³-hybridized carbons (Fsp3) is 0.438. The molecular formula is C16H21N3O2. The quantitative estimate of drug-likeness (QED) is 0.916. The van der Waals surface area contributed by atoms with Crippen LogP contribution in [0.25, 0.3) is 5.69 Å². The van der Waals surface area contributed by atoms with Gasteiger partial charge in [-0.15, -0.1) is 0 Å². The standard InChI is InChI=1S/C16H21N3O2/c1-20-15-6-4-14(5-7-15)19-11-16(10-18-19)21-12-13-3-2-8-17-9-13/h4-7,10-11,13,17H,2-3,8-9,12H2,1H3. The van der Waals surface area contributed by atoms with Crippen LogP contribution in [0, 0.1) is 5.92 Å². The fourth-order valence-corrected chi connectivity index (χ4v) is 2.54. The second-order valence-corrected chi connectivity index (χ2v) is 5.34. The van der Waals surface area contributed by atoms with Gasteiger partial charge in [0.25, 0.3) is 0 Å². The van der Waals surface area contributed by atoms with Crippen LogP contribution in [-0.2, 0) is 0 Å². The minimum absolute atomic E-state index is 0.600. The van der Waals surface area contributed by atoms with Gasteiger partial charge < -0.3 is 14.8 Å². The van der Waals surface area contributed by atoms with E-state index in [4.69, 9.17) is 9.47 Å². The van der Waals surface area contributed by atoms with Crippen LogP contribution in [0.5, 0.6) is 11.5 Å². The summed E-state index contributed by atoms with van der Waals surface area (Å²) in [6.07, 6.45) is 6.15. The number of hydrogen-bond acceptors (Lipinski definition) is 4. The number of piperidine rings is 1. The van der Waals surface area contributed by atoms with Gasteiger partial charge in [-0.25, -0.2) is 4.68 Å². The maximum atomic E-state index is 5.84. The molecule has 5 heteroatoms. The van der Waals surface area contributed by atoms with Crippen LogP contribution in [0.2, 0.25) is 0 Å². The van der Waals surface area contributed by atoms with E-state index in [0.29, 0.717) is 5.92 Å². The zero-order chi connectivity index (χ0) is 14.5. The molecule has 0 amide bonds. The molecule has 1 atom stereocenters. The second-order valence-electron chi connectivity index (χ2n) is 5.34. The summed E-state index contributed by atoms with van der Waals surface area (Å²) in [6, 6.07) is 7.79. The van der Waals surface area contributed by atoms with Crippen LogP contribution in [0.15, 0.2) is 36.7 Å². The molecule has 1 aliphatic heterocycles. The molecule has 21 heavy (non-hydrogen) atoms. The van der Waals surface area contributed by atoms with E-state index in [1.54, 1.807) is 13.3 Å². The average Bonchev–Trinajstić information content (AvgIpc) is 3.03. The van der Waals surface area contributed by atoms with Gasteiger partial charge in [0.15, 0.2) is 5.75 Å². The first-order valence-corrected chi connectivity index (χ1v) is 7.38. The monoisotopic (exact) mass is 287 g/mol. The number of ether oxygens (including phenoxy) is 2. The third-order valence-corrected chi connectivity index (χ3v) is 3.78. The molecule has 0 bridgehead atoms. The topological polar surface area (TPSA) is 48.3 Å². The molecule has 0 spiro atoms. The van der Waals surface area contributed by atoms with Crippen LogP contribution in [0.3, 0.4) is 0 Å². The molecule has 1 saturated heterocycles. The number of hydrogen-bond donors (Lipinski definition) is 1. The fourth-order valence-electron chi connectivity index (χ4n) is 2.54. The molecule has 1 fully saturated rings. The molecule has 3 rings (SSSR count). The highest BCUT2D eigenvalue weighted by Crippen LogP contribution is 2.18. The van der Waals surface area contributed by atoms with E-state index in [1.165, 1.54) is 12.8 Å². The molecule has 1 N–H and O–H groups in total. The smallest absolute Gasteiger partial charge is 0.157 e. The second kappa shape index (κ2) is 6.63. The van der Waals surface area contributed by atoms with E-state index >= 15 is 0 Å². The van der Waals surface area contributed by atoms with Crippen LogP contribution in [0.1, 0.15) is 12.8 Å². The normalized spacial score (nSPS) is 18.4. The van der Waals surface area contributed by atoms with E-state index in [9.17, 15) is 0 Å². The SMILES string of the molecule is COc1ccc(-n2cc(OCC3CCCNC3)cn2)cc1. The molecule has 1 aromatic heterocycles. The Balaban J connectivity index is 1.59. The predicted molar refractivity (Wildman–Crippen MR) is 81.2 cm³/mol. The highest BCUT2D eigenvalue weighted by Gasteiger charge is 2.14. The van der Waals surface area contributed by atoms with Gasteiger partial charge in [0, 0.05) is 12.5 Å². The van der Waals surface area contributed by atoms with Crippen molar-refractivity contribution < 1.29 is 9.47 Å². The van der Waals surface area contributed by atoms with Crippen LogP contribution in [-0.4, -0.2) is 36.6 Å². The van der Waals surface area contributed by atoms with Crippen molar-refractivity contribution >= 4 is 0 Å². The number of aromatic nitrogens is 2. The third-order valence-electron chi connectivity index (χ3n) is 3.78. The zero-order valence-corrected chi connectivity index (χ0v) is 12.3. The summed E-state index contributed by atoms with van der Waals surface area (Å²) in [4.78, 5) is 0. The van der Waals surface area contributed by atoms with Gasteiger partial charge in [0.1, 0.15) is 5.75 Å². The minimum Gasteiger partial charge on any atom is -0.497 e. The molecule has 1 unspecified atom stereocenters. The Hall–Kier alpha value is -2.01. The first-order chi connectivity index (χ1) is 10.3. The lowest BCUT2D eigenvalue weighted by Crippen LogP contribution is -2.32. The van der Waals surface area contributed by atoms with E-state index in [0.717, 1.165) is 36.9 Å². The molecule has 2 aromatic rings. The molecule has 1 aromatic carbocycles. The Bertz CT molecular complexity index is 559. The molecule has 5 nitrogen and oxygen atoms in total. The van der Waals surface area contributed by atoms with Gasteiger partial charge in [0.05, 0.1) is 31.8 Å². The van der Waals surface area contributed by atoms with Crippen molar-refractivity contribution in [1.82, 2.24) is 15.1 Å². The van der Waals surface area contributed by atoms with E-state index in [-0.39, 0.29) is 0 Å². The van der Waals surface area contributed by atoms with E-state index < -0.39 is 0 Å². The molecule has 0 radical (unpaired) electrons. The van der Waals surface area contributed by atoms with E-state index in [1.807, 2.05) is 35.1 Å². The van der Waals surface area contributed by atoms with Crippen molar-refractivity contribution in [2.75, 3.05) is 26.8 Å². The van der Waals surface area contributed by atoms with Crippen LogP contribution < -0.4 is 14.8 Å². The summed E-state index contributed by atoms with van der Waals surface area (Å²) in [7, 11) is 1.66. The van der Waals surface area contributed by atoms with Crippen molar-refractivity contribution in [3.05, 3.63) is 36.7 Å². The maximum Gasteiger partial charge on any atom is 0.157 e. The Morgan fingerprint density at radius 1 is 1.29 bits per heavy atom. The Labute approximate surface area is 124 Å². The number of methoxy groups -OCH3 is 1. The van der Waals surface area contributed by atoms with Crippen molar-refractivity contribution in [3.63, 3.8) is 0 Å². The Kier molecular flexibility index (Phi) is 4.40. The van der Waals surface area contributed by atoms with Crippen molar-refractivity contribution in [2.24, 2.45) is 5.92 Å². The van der Waals surface area contributed by atoms with Gasteiger partial charge in [-0.3, -0.25) is 0 Å². The number of nitrogens with one attached hydrogen (secondary N) is 1. The number of rotatable bonds is 5. The number of nitrogens with zero attached hydrogens (tertiary/aromatic N) is 2. The van der Waals surface area contributed by atoms with Gasteiger partial charge in [0.2, 0.25) is 0 Å². The lowest BCUT2D eigenvalue weighted by atomic mass is 10.0. The van der Waals surface area contributed by atoms with Crippen LogP contribution >= 0.6 is 0 Å². The first-order valence-electron chi connectivity index (χ1n) is 7.38. The largest absolute Gasteiger partial charge is 0.497 e. The first kappa shape index (κ1) is 13.9. The van der Waals surface area contributed by atoms with Crippen molar-refractivity contribution in [2.45, 2.75) is 12.8 Å². The van der Waals surface area contributed by atoms with Gasteiger partial charge in [-0.2, -0.15) is 5.10 Å². The summed E-state index contributed by atoms with van der Waals surface area (Å²) in [5.74, 6) is 2.26. The highest BCUT2D eigenvalue weighted by atomic mass is 16.5. The van der Waals surface area contributed by atoms with E-state index in [2.05, 4.69) is 10.4 Å². The lowest BCUT2D eigenvalue weighted by molar-refractivity contribution is 0.218. The average molecular weight is 287 g/mol. The Morgan fingerprint density at radius 3 is 2.86 bits per heavy atom. The van der Waals surface area contributed by atoms with Gasteiger partial charge >= 0.3 is 0 Å². The van der Waals surface area contributed by atoms with Crippen molar-refractivity contribution in [1.29, 1.82) is 0 Å². The summed E-state index contributed by atoms with van der Waals surface area (Å²) in [5, 5.41) is 7.74. The summed E-state index contributed by atoms with van der Waals surface area (Å²) >= 11 is 0. The summed E-state index contributed by atoms with van der Waals surface area (Å²) < 4.78 is 12.8. The molecule has 0 aliphatic carbocycles. The zero-order valence-electron chi connectivity index (χ0n) is 12.3. The number of benzene rings is 1. The minimum atomic E-state index is 0.600. The predicted octanol–water partition coefficient (Wildman–Crippen LogP) is 2.26. The molecule has 1 aliphatic rings. The maximum absolute atomic E-state index is 5.84. The molecule has 0 saturated carbocycles. The van der Waals surface area contributed by atoms with Gasteiger partial charge in [-0.05, 0) is 43.7 Å². The summed E-state index contributed by atoms with van der Waals surface area (Å²) in [6.45, 7) is 2.93. The van der Waals surface area contributed by atoms with Crippen LogP contribution in [0.4, 0.5) is 0 Å². The molecular weight excluding hydrogens is 266 g/mol. The van der Waals surface area contributed by atoms with Crippen molar-refractivity contribution in [3.8, 4) is 17.2 Å². The van der Waals surface area contributed by atoms with Gasteiger partial charge in [-0.1, -0.05) is 0 Å². The third kappa shape index (κ3) is 3.55. The lowest BCUT2D eigenvalue weighted by Gasteiger charge is -2.22. The highest BCUT2D eigenvalue weighted by molar-refractivity contribution is 5.37. The molecule has 112 valence electrons.